The second-order valence-corrected chi connectivity index (χ2v) is 7.67. The maximum atomic E-state index is 13.4. The van der Waals surface area contributed by atoms with Crippen LogP contribution in [-0.2, 0) is 11.2 Å². The van der Waals surface area contributed by atoms with Gasteiger partial charge in [0.05, 0.1) is 27.4 Å². The van der Waals surface area contributed by atoms with Crippen molar-refractivity contribution in [2.75, 3.05) is 34.4 Å². The second kappa shape index (κ2) is 7.89. The Kier molecular flexibility index (Phi) is 5.28. The first-order valence-electron chi connectivity index (χ1n) is 9.96. The molecule has 2 aromatic rings. The first kappa shape index (κ1) is 20.1. The molecule has 0 N–H and O–H groups in total. The van der Waals surface area contributed by atoms with Crippen LogP contribution in [-0.4, -0.2) is 62.1 Å². The Morgan fingerprint density at radius 2 is 1.70 bits per heavy atom. The van der Waals surface area contributed by atoms with E-state index in [-0.39, 0.29) is 30.4 Å². The molecule has 2 atom stereocenters. The topological polar surface area (TPSA) is 68.3 Å². The number of benzene rings is 2. The van der Waals surface area contributed by atoms with Crippen molar-refractivity contribution in [3.63, 3.8) is 0 Å². The average Bonchev–Trinajstić information content (AvgIpc) is 2.77. The van der Waals surface area contributed by atoms with Gasteiger partial charge in [0.25, 0.3) is 5.91 Å². The van der Waals surface area contributed by atoms with E-state index in [4.69, 9.17) is 14.2 Å². The van der Waals surface area contributed by atoms with Crippen LogP contribution in [0.5, 0.6) is 17.2 Å². The minimum absolute atomic E-state index is 0.0333. The monoisotopic (exact) mass is 410 g/mol. The van der Waals surface area contributed by atoms with Crippen molar-refractivity contribution >= 4 is 11.8 Å². The fourth-order valence-electron chi connectivity index (χ4n) is 4.58. The van der Waals surface area contributed by atoms with Gasteiger partial charge < -0.3 is 24.0 Å². The van der Waals surface area contributed by atoms with Gasteiger partial charge in [-0.15, -0.1) is 0 Å². The minimum Gasteiger partial charge on any atom is -0.493 e. The van der Waals surface area contributed by atoms with E-state index in [1.807, 2.05) is 17.0 Å². The van der Waals surface area contributed by atoms with E-state index in [0.29, 0.717) is 29.4 Å². The molecule has 2 aromatic carbocycles. The van der Waals surface area contributed by atoms with Crippen molar-refractivity contribution in [1.82, 2.24) is 9.80 Å². The summed E-state index contributed by atoms with van der Waals surface area (Å²) in [6.07, 6.45) is 0.833. The molecule has 158 valence electrons. The van der Waals surface area contributed by atoms with Crippen LogP contribution >= 0.6 is 0 Å². The lowest BCUT2D eigenvalue weighted by atomic mass is 9.87. The SMILES string of the molecule is COc1cc(C(=O)N2CC(=O)N3[C@H](C2)c2ccccc2C[C@@H]3C)cc(OC)c1OC. The minimum atomic E-state index is -0.238. The number of fused-ring (bicyclic) bond motifs is 3. The molecular formula is C23H26N2O5. The molecule has 2 heterocycles. The van der Waals surface area contributed by atoms with Crippen molar-refractivity contribution in [3.05, 3.63) is 53.1 Å². The number of piperazine rings is 1. The Labute approximate surface area is 176 Å². The van der Waals surface area contributed by atoms with Crippen LogP contribution in [0.4, 0.5) is 0 Å². The van der Waals surface area contributed by atoms with Gasteiger partial charge >= 0.3 is 0 Å². The first-order chi connectivity index (χ1) is 14.5. The molecule has 0 radical (unpaired) electrons. The molecule has 0 saturated carbocycles. The summed E-state index contributed by atoms with van der Waals surface area (Å²) in [4.78, 5) is 29.9. The van der Waals surface area contributed by atoms with E-state index < -0.39 is 0 Å². The van der Waals surface area contributed by atoms with Gasteiger partial charge in [-0.25, -0.2) is 0 Å². The van der Waals surface area contributed by atoms with E-state index >= 15 is 0 Å². The number of amides is 2. The summed E-state index contributed by atoms with van der Waals surface area (Å²) in [6.45, 7) is 2.57. The van der Waals surface area contributed by atoms with Crippen molar-refractivity contribution < 1.29 is 23.8 Å². The zero-order valence-corrected chi connectivity index (χ0v) is 17.7. The third-order valence-corrected chi connectivity index (χ3v) is 5.95. The molecule has 0 aliphatic carbocycles. The van der Waals surface area contributed by atoms with E-state index in [1.165, 1.54) is 26.9 Å². The molecular weight excluding hydrogens is 384 g/mol. The predicted molar refractivity (Wildman–Crippen MR) is 111 cm³/mol. The number of methoxy groups -OCH3 is 3. The van der Waals surface area contributed by atoms with Gasteiger partial charge in [-0.05, 0) is 36.6 Å². The van der Waals surface area contributed by atoms with Gasteiger partial charge in [0.2, 0.25) is 11.7 Å². The van der Waals surface area contributed by atoms with E-state index in [2.05, 4.69) is 19.1 Å². The molecule has 4 rings (SSSR count). The third-order valence-electron chi connectivity index (χ3n) is 5.95. The highest BCUT2D eigenvalue weighted by Crippen LogP contribution is 2.40. The van der Waals surface area contributed by atoms with Crippen molar-refractivity contribution in [2.24, 2.45) is 0 Å². The lowest BCUT2D eigenvalue weighted by molar-refractivity contribution is -0.142. The summed E-state index contributed by atoms with van der Waals surface area (Å²) in [5.74, 6) is 0.961. The van der Waals surface area contributed by atoms with Crippen molar-refractivity contribution in [2.45, 2.75) is 25.4 Å². The normalized spacial score (nSPS) is 20.3. The van der Waals surface area contributed by atoms with Crippen LogP contribution < -0.4 is 14.2 Å². The maximum absolute atomic E-state index is 13.4. The van der Waals surface area contributed by atoms with Gasteiger partial charge in [-0.1, -0.05) is 24.3 Å². The van der Waals surface area contributed by atoms with Crippen LogP contribution in [0.15, 0.2) is 36.4 Å². The highest BCUT2D eigenvalue weighted by molar-refractivity contribution is 5.98. The van der Waals surface area contributed by atoms with Crippen LogP contribution in [0.25, 0.3) is 0 Å². The second-order valence-electron chi connectivity index (χ2n) is 7.67. The Bertz CT molecular complexity index is 964. The fraction of sp³-hybridized carbons (Fsp3) is 0.391. The van der Waals surface area contributed by atoms with Gasteiger partial charge in [0.1, 0.15) is 6.54 Å². The van der Waals surface area contributed by atoms with Crippen LogP contribution in [0.1, 0.15) is 34.5 Å². The van der Waals surface area contributed by atoms with Crippen LogP contribution in [0, 0.1) is 0 Å². The molecule has 1 saturated heterocycles. The summed E-state index contributed by atoms with van der Waals surface area (Å²) in [6, 6.07) is 11.4. The van der Waals surface area contributed by atoms with Gasteiger partial charge in [0.15, 0.2) is 11.5 Å². The van der Waals surface area contributed by atoms with E-state index in [1.54, 1.807) is 17.0 Å². The molecule has 2 aliphatic rings. The maximum Gasteiger partial charge on any atom is 0.254 e. The number of nitrogens with zero attached hydrogens (tertiary/aromatic N) is 2. The van der Waals surface area contributed by atoms with Crippen LogP contribution in [0.3, 0.4) is 0 Å². The number of carbonyl (C=O) groups excluding carboxylic acids is 2. The third kappa shape index (κ3) is 3.24. The number of ether oxygens (including phenoxy) is 3. The molecule has 0 bridgehead atoms. The highest BCUT2D eigenvalue weighted by Gasteiger charge is 2.41. The van der Waals surface area contributed by atoms with Crippen molar-refractivity contribution in [3.8, 4) is 17.2 Å². The predicted octanol–water partition coefficient (Wildman–Crippen LogP) is 2.68. The molecule has 0 aromatic heterocycles. The average molecular weight is 410 g/mol. The Hall–Kier alpha value is -3.22. The summed E-state index contributed by atoms with van der Waals surface area (Å²) in [5.41, 5.74) is 2.75. The van der Waals surface area contributed by atoms with Gasteiger partial charge in [-0.3, -0.25) is 9.59 Å². The smallest absolute Gasteiger partial charge is 0.254 e. The zero-order chi connectivity index (χ0) is 21.4. The highest BCUT2D eigenvalue weighted by atomic mass is 16.5. The largest absolute Gasteiger partial charge is 0.493 e. The van der Waals surface area contributed by atoms with Gasteiger partial charge in [-0.2, -0.15) is 0 Å². The zero-order valence-electron chi connectivity index (χ0n) is 17.7. The molecule has 2 amide bonds. The molecule has 1 fully saturated rings. The molecule has 7 heteroatoms. The Morgan fingerprint density at radius 3 is 2.33 bits per heavy atom. The van der Waals surface area contributed by atoms with E-state index in [9.17, 15) is 9.59 Å². The summed E-state index contributed by atoms with van der Waals surface area (Å²) in [5, 5.41) is 0. The Morgan fingerprint density at radius 1 is 1.03 bits per heavy atom. The standard InChI is InChI=1S/C23H26N2O5/c1-14-9-15-7-5-6-8-17(15)18-12-24(13-21(26)25(14)18)23(27)16-10-19(28-2)22(30-4)20(11-16)29-3/h5-8,10-11,14,18H,9,12-13H2,1-4H3/t14-,18+/m0/s1. The lowest BCUT2D eigenvalue weighted by Crippen LogP contribution is -2.58. The molecule has 0 unspecified atom stereocenters. The summed E-state index contributed by atoms with van der Waals surface area (Å²) >= 11 is 0. The van der Waals surface area contributed by atoms with Crippen molar-refractivity contribution in [1.29, 1.82) is 0 Å². The molecule has 2 aliphatic heterocycles. The molecule has 30 heavy (non-hydrogen) atoms. The number of carbonyl (C=O) groups is 2. The van der Waals surface area contributed by atoms with Crippen LogP contribution in [0.2, 0.25) is 0 Å². The molecule has 7 nitrogen and oxygen atoms in total. The number of rotatable bonds is 4. The lowest BCUT2D eigenvalue weighted by Gasteiger charge is -2.47. The summed E-state index contributed by atoms with van der Waals surface area (Å²) in [7, 11) is 4.53. The fourth-order valence-corrected chi connectivity index (χ4v) is 4.58. The number of hydrogen-bond donors (Lipinski definition) is 0. The molecule has 0 spiro atoms. The Balaban J connectivity index is 1.68. The number of hydrogen-bond acceptors (Lipinski definition) is 5. The quantitative estimate of drug-likeness (QED) is 0.775. The summed E-state index contributed by atoms with van der Waals surface area (Å²) < 4.78 is 16.1. The van der Waals surface area contributed by atoms with Gasteiger partial charge in [0, 0.05) is 18.2 Å². The first-order valence-corrected chi connectivity index (χ1v) is 9.96. The van der Waals surface area contributed by atoms with E-state index in [0.717, 1.165) is 12.0 Å².